The fourth-order valence-corrected chi connectivity index (χ4v) is 5.93. The lowest BCUT2D eigenvalue weighted by Crippen LogP contribution is -3.00. The molecule has 0 radical (unpaired) electrons. The second-order valence-corrected chi connectivity index (χ2v) is 12.4. The number of thiocarbonyl (C=S) groups is 1. The van der Waals surface area contributed by atoms with E-state index in [4.69, 9.17) is 21.7 Å². The van der Waals surface area contributed by atoms with Gasteiger partial charge in [0.1, 0.15) is 18.9 Å². The van der Waals surface area contributed by atoms with Gasteiger partial charge in [-0.2, -0.15) is 5.26 Å². The molecule has 2 aromatic rings. The molecule has 2 rings (SSSR count). The van der Waals surface area contributed by atoms with Crippen molar-refractivity contribution >= 4 is 39.9 Å². The summed E-state index contributed by atoms with van der Waals surface area (Å²) in [5.74, 6) is 0.0581. The standard InChI is InChI=1S/C32H43N2O4S2.BrH/c1-6-7-17-34-18-14-26(15-19-34)28(23-40-29(39)27-11-9-8-10-12-27)22-32(4,30(36)38-21-20-37-5)31(3,24-33)16-13-25(2)35;/h8-12,14-15,18-19,28H,6-7,13,16-17,20-23H2,1-5H3;1H/q+1;/p-1. The number of Topliss-reactive ketones (excluding diaryl/α,β-unsaturated/α-hetero) is 1. The van der Waals surface area contributed by atoms with Crippen molar-refractivity contribution in [3.63, 3.8) is 0 Å². The number of nitriles is 1. The number of aryl methyl sites for hydroxylation is 1. The van der Waals surface area contributed by atoms with Crippen molar-refractivity contribution in [2.24, 2.45) is 10.8 Å². The minimum absolute atomic E-state index is 0. The highest BCUT2D eigenvalue weighted by molar-refractivity contribution is 8.23. The van der Waals surface area contributed by atoms with Gasteiger partial charge in [0.25, 0.3) is 0 Å². The van der Waals surface area contributed by atoms with Gasteiger partial charge in [0, 0.05) is 37.8 Å². The van der Waals surface area contributed by atoms with Gasteiger partial charge < -0.3 is 31.2 Å². The van der Waals surface area contributed by atoms with Crippen molar-refractivity contribution in [1.29, 1.82) is 5.26 Å². The van der Waals surface area contributed by atoms with Crippen molar-refractivity contribution < 1.29 is 40.6 Å². The third kappa shape index (κ3) is 10.9. The fraction of sp³-hybridized carbons (Fsp3) is 0.531. The Morgan fingerprint density at radius 2 is 1.78 bits per heavy atom. The number of unbranched alkanes of at least 4 members (excludes halogenated alkanes) is 1. The Bertz CT molecular complexity index is 1160. The van der Waals surface area contributed by atoms with Crippen LogP contribution in [0.4, 0.5) is 0 Å². The molecule has 41 heavy (non-hydrogen) atoms. The summed E-state index contributed by atoms with van der Waals surface area (Å²) in [6.45, 7) is 8.56. The van der Waals surface area contributed by atoms with Gasteiger partial charge in [-0.1, -0.05) is 55.9 Å². The maximum absolute atomic E-state index is 13.7. The van der Waals surface area contributed by atoms with Crippen LogP contribution in [0.3, 0.4) is 0 Å². The molecule has 1 aromatic carbocycles. The number of carbonyl (C=O) groups excluding carboxylic acids is 2. The number of ether oxygens (including phenoxy) is 2. The van der Waals surface area contributed by atoms with E-state index in [9.17, 15) is 14.9 Å². The fourth-order valence-electron chi connectivity index (χ4n) is 4.62. The van der Waals surface area contributed by atoms with Gasteiger partial charge in [0.2, 0.25) is 0 Å². The maximum Gasteiger partial charge on any atom is 0.313 e. The van der Waals surface area contributed by atoms with E-state index >= 15 is 0 Å². The lowest BCUT2D eigenvalue weighted by Gasteiger charge is -2.42. The number of hydrogen-bond acceptors (Lipinski definition) is 7. The number of esters is 1. The topological polar surface area (TPSA) is 80.3 Å². The van der Waals surface area contributed by atoms with Crippen molar-refractivity contribution in [2.75, 3.05) is 26.1 Å². The normalized spacial score (nSPS) is 14.4. The molecule has 0 saturated heterocycles. The second kappa shape index (κ2) is 18.4. The van der Waals surface area contributed by atoms with Crippen LogP contribution in [-0.2, 0) is 25.6 Å². The smallest absolute Gasteiger partial charge is 0.313 e. The summed E-state index contributed by atoms with van der Waals surface area (Å²) in [6, 6.07) is 16.5. The van der Waals surface area contributed by atoms with Crippen LogP contribution in [0.25, 0.3) is 0 Å². The number of pyridine rings is 1. The van der Waals surface area contributed by atoms with Crippen LogP contribution in [0, 0.1) is 22.2 Å². The van der Waals surface area contributed by atoms with E-state index in [1.807, 2.05) is 37.3 Å². The molecule has 0 N–H and O–H groups in total. The predicted molar refractivity (Wildman–Crippen MR) is 164 cm³/mol. The number of aromatic nitrogens is 1. The van der Waals surface area contributed by atoms with Crippen LogP contribution in [0.5, 0.6) is 0 Å². The van der Waals surface area contributed by atoms with Crippen molar-refractivity contribution in [3.05, 3.63) is 66.0 Å². The predicted octanol–water partition coefficient (Wildman–Crippen LogP) is 3.46. The molecule has 0 aliphatic rings. The van der Waals surface area contributed by atoms with E-state index in [0.29, 0.717) is 12.2 Å². The minimum atomic E-state index is -1.18. The third-order valence-corrected chi connectivity index (χ3v) is 9.31. The Labute approximate surface area is 266 Å². The van der Waals surface area contributed by atoms with E-state index in [0.717, 1.165) is 34.7 Å². The Hall–Kier alpha value is -2.12. The molecule has 0 amide bonds. The monoisotopic (exact) mass is 662 g/mol. The van der Waals surface area contributed by atoms with Crippen molar-refractivity contribution in [2.45, 2.75) is 72.3 Å². The molecule has 1 aromatic heterocycles. The van der Waals surface area contributed by atoms with Crippen molar-refractivity contribution in [1.82, 2.24) is 0 Å². The highest BCUT2D eigenvalue weighted by Gasteiger charge is 2.52. The molecule has 0 saturated carbocycles. The van der Waals surface area contributed by atoms with E-state index in [-0.39, 0.29) is 54.7 Å². The van der Waals surface area contributed by atoms with E-state index in [2.05, 4.69) is 42.1 Å². The Morgan fingerprint density at radius 3 is 2.34 bits per heavy atom. The lowest BCUT2D eigenvalue weighted by atomic mass is 9.60. The van der Waals surface area contributed by atoms with Gasteiger partial charge >= 0.3 is 5.97 Å². The molecule has 3 unspecified atom stereocenters. The molecule has 0 aliphatic heterocycles. The van der Waals surface area contributed by atoms with Gasteiger partial charge in [-0.3, -0.25) is 4.79 Å². The molecule has 224 valence electrons. The number of methoxy groups -OCH3 is 1. The summed E-state index contributed by atoms with van der Waals surface area (Å²) >= 11 is 7.33. The zero-order valence-corrected chi connectivity index (χ0v) is 28.1. The first-order valence-corrected chi connectivity index (χ1v) is 15.3. The third-order valence-electron chi connectivity index (χ3n) is 7.65. The van der Waals surface area contributed by atoms with E-state index in [1.54, 1.807) is 25.8 Å². The number of benzene rings is 1. The average molecular weight is 664 g/mol. The van der Waals surface area contributed by atoms with Crippen LogP contribution < -0.4 is 21.5 Å². The Morgan fingerprint density at radius 1 is 1.12 bits per heavy atom. The zero-order chi connectivity index (χ0) is 29.6. The summed E-state index contributed by atoms with van der Waals surface area (Å²) in [5, 5.41) is 10.4. The molecule has 0 spiro atoms. The molecule has 3 atom stereocenters. The Kier molecular flexibility index (Phi) is 16.6. The number of carbonyl (C=O) groups is 2. The first-order chi connectivity index (χ1) is 19.1. The number of nitrogens with zero attached hydrogens (tertiary/aromatic N) is 2. The minimum Gasteiger partial charge on any atom is -1.00 e. The van der Waals surface area contributed by atoms with Crippen LogP contribution >= 0.6 is 24.0 Å². The first kappa shape index (κ1) is 36.9. The van der Waals surface area contributed by atoms with E-state index in [1.165, 1.54) is 6.92 Å². The zero-order valence-electron chi connectivity index (χ0n) is 24.9. The van der Waals surface area contributed by atoms with E-state index < -0.39 is 16.8 Å². The maximum atomic E-state index is 13.7. The highest BCUT2D eigenvalue weighted by Crippen LogP contribution is 2.50. The molecule has 9 heteroatoms. The quantitative estimate of drug-likeness (QED) is 0.111. The number of halogens is 1. The van der Waals surface area contributed by atoms with Crippen molar-refractivity contribution in [3.8, 4) is 6.07 Å². The van der Waals surface area contributed by atoms with Crippen LogP contribution in [0.15, 0.2) is 54.9 Å². The number of hydrogen-bond donors (Lipinski definition) is 0. The van der Waals surface area contributed by atoms with Crippen LogP contribution in [0.1, 0.15) is 76.8 Å². The molecule has 0 fully saturated rings. The summed E-state index contributed by atoms with van der Waals surface area (Å²) < 4.78 is 13.7. The number of ketones is 1. The van der Waals surface area contributed by atoms with Crippen LogP contribution in [-0.4, -0.2) is 42.0 Å². The number of rotatable bonds is 17. The molecule has 0 aliphatic carbocycles. The summed E-state index contributed by atoms with van der Waals surface area (Å²) in [4.78, 5) is 25.7. The van der Waals surface area contributed by atoms with Gasteiger partial charge in [0.05, 0.1) is 27.7 Å². The average Bonchev–Trinajstić information content (AvgIpc) is 2.97. The summed E-state index contributed by atoms with van der Waals surface area (Å²) in [7, 11) is 1.55. The van der Waals surface area contributed by atoms with Gasteiger partial charge in [0.15, 0.2) is 12.4 Å². The van der Waals surface area contributed by atoms with Crippen LogP contribution in [0.2, 0.25) is 0 Å². The largest absolute Gasteiger partial charge is 1.00 e. The summed E-state index contributed by atoms with van der Waals surface area (Å²) in [5.41, 5.74) is -0.254. The molecule has 0 bridgehead atoms. The lowest BCUT2D eigenvalue weighted by molar-refractivity contribution is -0.697. The second-order valence-electron chi connectivity index (χ2n) is 10.7. The molecular formula is C32H43BrN2O4S2. The first-order valence-electron chi connectivity index (χ1n) is 13.9. The molecule has 1 heterocycles. The molecular weight excluding hydrogens is 620 g/mol. The SMILES string of the molecule is CCCC[n+]1ccc(C(CSC(=S)c2ccccc2)CC(C)(C(=O)OCCOC)C(C)(C#N)CCC(C)=O)cc1.[Br-]. The number of thioether (sulfide) groups is 1. The van der Waals surface area contributed by atoms with Gasteiger partial charge in [-0.05, 0) is 50.7 Å². The van der Waals surface area contributed by atoms with Gasteiger partial charge in [-0.15, -0.1) is 11.8 Å². The highest BCUT2D eigenvalue weighted by atomic mass is 79.9. The van der Waals surface area contributed by atoms with Gasteiger partial charge in [-0.25, -0.2) is 4.57 Å². The Balaban J connectivity index is 0.00000840. The molecule has 6 nitrogen and oxygen atoms in total. The summed E-state index contributed by atoms with van der Waals surface area (Å²) in [6.07, 6.45) is 7.20.